The maximum Gasteiger partial charge on any atom is 0.259 e. The Kier molecular flexibility index (Phi) is 3.89. The number of amides is 1. The van der Waals surface area contributed by atoms with E-state index in [9.17, 15) is 4.79 Å². The summed E-state index contributed by atoms with van der Waals surface area (Å²) in [5.41, 5.74) is 2.75. The number of carbonyl (C=O) groups excluding carboxylic acids is 1. The fourth-order valence-electron chi connectivity index (χ4n) is 3.12. The van der Waals surface area contributed by atoms with Gasteiger partial charge in [0, 0.05) is 18.8 Å². The van der Waals surface area contributed by atoms with Gasteiger partial charge in [0.05, 0.1) is 16.6 Å². The van der Waals surface area contributed by atoms with Crippen LogP contribution in [0.2, 0.25) is 0 Å². The molecule has 2 aromatic heterocycles. The van der Waals surface area contributed by atoms with Gasteiger partial charge in [-0.1, -0.05) is 25.9 Å². The Bertz CT molecular complexity index is 705. The number of fused-ring (bicyclic) bond motifs is 1. The summed E-state index contributed by atoms with van der Waals surface area (Å²) in [5.74, 6) is 0.872. The van der Waals surface area contributed by atoms with Gasteiger partial charge in [-0.3, -0.25) is 4.79 Å². The Morgan fingerprint density at radius 3 is 2.91 bits per heavy atom. The van der Waals surface area contributed by atoms with Crippen LogP contribution in [0, 0.1) is 12.8 Å². The van der Waals surface area contributed by atoms with Crippen molar-refractivity contribution in [1.29, 1.82) is 0 Å². The van der Waals surface area contributed by atoms with Crippen LogP contribution in [-0.4, -0.2) is 34.0 Å². The molecular formula is C17H23N3O2. The zero-order valence-electron chi connectivity index (χ0n) is 13.7. The summed E-state index contributed by atoms with van der Waals surface area (Å²) in [6, 6.07) is 1.92. The first-order chi connectivity index (χ1) is 10.5. The van der Waals surface area contributed by atoms with Crippen LogP contribution in [0.15, 0.2) is 10.6 Å². The van der Waals surface area contributed by atoms with Crippen molar-refractivity contribution in [3.05, 3.63) is 23.0 Å². The maximum absolute atomic E-state index is 13.0. The molecule has 1 unspecified atom stereocenters. The van der Waals surface area contributed by atoms with Crippen molar-refractivity contribution in [2.75, 3.05) is 13.1 Å². The number of aryl methyl sites for hydroxylation is 1. The number of hydrogen-bond acceptors (Lipinski definition) is 4. The highest BCUT2D eigenvalue weighted by Crippen LogP contribution is 2.27. The first-order valence-corrected chi connectivity index (χ1v) is 8.03. The SMILES string of the molecule is Cc1noc2nc(C(C)C)cc(C(=O)N3CCCC(C)C3)c12. The number of aromatic nitrogens is 2. The molecule has 118 valence electrons. The van der Waals surface area contributed by atoms with Crippen molar-refractivity contribution in [2.45, 2.75) is 46.5 Å². The first kappa shape index (κ1) is 15.0. The molecule has 1 saturated heterocycles. The number of hydrogen-bond donors (Lipinski definition) is 0. The fraction of sp³-hybridized carbons (Fsp3) is 0.588. The van der Waals surface area contributed by atoms with Crippen LogP contribution in [0.4, 0.5) is 0 Å². The van der Waals surface area contributed by atoms with Gasteiger partial charge >= 0.3 is 0 Å². The van der Waals surface area contributed by atoms with Crippen LogP contribution >= 0.6 is 0 Å². The van der Waals surface area contributed by atoms with Gasteiger partial charge in [-0.15, -0.1) is 0 Å². The molecule has 2 aromatic rings. The minimum absolute atomic E-state index is 0.0761. The number of piperidine rings is 1. The van der Waals surface area contributed by atoms with Gasteiger partial charge in [0.1, 0.15) is 0 Å². The van der Waals surface area contributed by atoms with Gasteiger partial charge in [0.25, 0.3) is 11.6 Å². The van der Waals surface area contributed by atoms with Crippen molar-refractivity contribution in [3.63, 3.8) is 0 Å². The van der Waals surface area contributed by atoms with E-state index < -0.39 is 0 Å². The van der Waals surface area contributed by atoms with Gasteiger partial charge < -0.3 is 9.42 Å². The highest BCUT2D eigenvalue weighted by Gasteiger charge is 2.26. The van der Waals surface area contributed by atoms with Gasteiger partial charge in [0.15, 0.2) is 0 Å². The zero-order chi connectivity index (χ0) is 15.9. The first-order valence-electron chi connectivity index (χ1n) is 8.03. The molecule has 0 bridgehead atoms. The Morgan fingerprint density at radius 2 is 2.23 bits per heavy atom. The second-order valence-electron chi connectivity index (χ2n) is 6.70. The van der Waals surface area contributed by atoms with E-state index in [1.165, 1.54) is 6.42 Å². The van der Waals surface area contributed by atoms with Crippen molar-refractivity contribution < 1.29 is 9.32 Å². The van der Waals surface area contributed by atoms with E-state index in [1.807, 2.05) is 17.9 Å². The molecule has 0 saturated carbocycles. The minimum Gasteiger partial charge on any atom is -0.338 e. The van der Waals surface area contributed by atoms with Crippen LogP contribution in [0.5, 0.6) is 0 Å². The Morgan fingerprint density at radius 1 is 1.45 bits per heavy atom. The predicted octanol–water partition coefficient (Wildman–Crippen LogP) is 3.53. The third-order valence-corrected chi connectivity index (χ3v) is 4.40. The lowest BCUT2D eigenvalue weighted by molar-refractivity contribution is 0.0684. The number of nitrogens with zero attached hydrogens (tertiary/aromatic N) is 3. The molecule has 3 rings (SSSR count). The summed E-state index contributed by atoms with van der Waals surface area (Å²) in [6.45, 7) is 9.84. The summed E-state index contributed by atoms with van der Waals surface area (Å²) in [4.78, 5) is 19.5. The van der Waals surface area contributed by atoms with Crippen LogP contribution in [0.25, 0.3) is 11.1 Å². The molecule has 0 radical (unpaired) electrons. The van der Waals surface area contributed by atoms with E-state index in [1.54, 1.807) is 0 Å². The normalized spacial score (nSPS) is 19.1. The second-order valence-corrected chi connectivity index (χ2v) is 6.70. The molecule has 22 heavy (non-hydrogen) atoms. The number of carbonyl (C=O) groups is 1. The number of likely N-dealkylation sites (tertiary alicyclic amines) is 1. The maximum atomic E-state index is 13.0. The average Bonchev–Trinajstić information content (AvgIpc) is 2.87. The molecule has 5 heteroatoms. The Labute approximate surface area is 130 Å². The van der Waals surface area contributed by atoms with Gasteiger partial charge in [-0.05, 0) is 37.7 Å². The third-order valence-electron chi connectivity index (χ3n) is 4.40. The van der Waals surface area contributed by atoms with Crippen molar-refractivity contribution in [1.82, 2.24) is 15.0 Å². The summed E-state index contributed by atoms with van der Waals surface area (Å²) < 4.78 is 5.31. The van der Waals surface area contributed by atoms with Crippen LogP contribution in [0.1, 0.15) is 61.3 Å². The summed E-state index contributed by atoms with van der Waals surface area (Å²) in [7, 11) is 0. The molecule has 5 nitrogen and oxygen atoms in total. The minimum atomic E-state index is 0.0761. The third kappa shape index (κ3) is 2.60. The lowest BCUT2D eigenvalue weighted by Gasteiger charge is -2.31. The van der Waals surface area contributed by atoms with Gasteiger partial charge in [-0.25, -0.2) is 4.98 Å². The summed E-state index contributed by atoms with van der Waals surface area (Å²) >= 11 is 0. The van der Waals surface area contributed by atoms with E-state index in [-0.39, 0.29) is 11.8 Å². The second kappa shape index (κ2) is 5.71. The molecule has 1 amide bonds. The average molecular weight is 301 g/mol. The van der Waals surface area contributed by atoms with E-state index in [0.717, 1.165) is 36.3 Å². The molecular weight excluding hydrogens is 278 g/mol. The largest absolute Gasteiger partial charge is 0.338 e. The monoisotopic (exact) mass is 301 g/mol. The van der Waals surface area contributed by atoms with Crippen LogP contribution in [-0.2, 0) is 0 Å². The summed E-state index contributed by atoms with van der Waals surface area (Å²) in [6.07, 6.45) is 2.26. The van der Waals surface area contributed by atoms with Crippen LogP contribution < -0.4 is 0 Å². The molecule has 1 aliphatic rings. The molecule has 1 fully saturated rings. The number of rotatable bonds is 2. The fourth-order valence-corrected chi connectivity index (χ4v) is 3.12. The molecule has 1 aliphatic heterocycles. The highest BCUT2D eigenvalue weighted by atomic mass is 16.5. The quantitative estimate of drug-likeness (QED) is 0.851. The molecule has 0 aromatic carbocycles. The lowest BCUT2D eigenvalue weighted by Crippen LogP contribution is -2.39. The zero-order valence-corrected chi connectivity index (χ0v) is 13.7. The van der Waals surface area contributed by atoms with E-state index in [2.05, 4.69) is 30.9 Å². The molecule has 0 N–H and O–H groups in total. The Hall–Kier alpha value is -1.91. The van der Waals surface area contributed by atoms with Gasteiger partial charge in [0.2, 0.25) is 0 Å². The molecule has 1 atom stereocenters. The standard InChI is InChI=1S/C17H23N3O2/c1-10(2)14-8-13(15-12(4)19-22-16(15)18-14)17(21)20-7-5-6-11(3)9-20/h8,10-11H,5-7,9H2,1-4H3. The van der Waals surface area contributed by atoms with E-state index in [0.29, 0.717) is 17.2 Å². The van der Waals surface area contributed by atoms with Gasteiger partial charge in [-0.2, -0.15) is 0 Å². The van der Waals surface area contributed by atoms with Crippen molar-refractivity contribution >= 4 is 17.0 Å². The summed E-state index contributed by atoms with van der Waals surface area (Å²) in [5, 5.41) is 4.75. The topological polar surface area (TPSA) is 59.2 Å². The Balaban J connectivity index is 2.07. The van der Waals surface area contributed by atoms with E-state index in [4.69, 9.17) is 4.52 Å². The van der Waals surface area contributed by atoms with Crippen LogP contribution in [0.3, 0.4) is 0 Å². The molecule has 3 heterocycles. The molecule has 0 spiro atoms. The van der Waals surface area contributed by atoms with E-state index >= 15 is 0 Å². The van der Waals surface area contributed by atoms with Crippen molar-refractivity contribution in [2.24, 2.45) is 5.92 Å². The smallest absolute Gasteiger partial charge is 0.259 e. The predicted molar refractivity (Wildman–Crippen MR) is 84.9 cm³/mol. The lowest BCUT2D eigenvalue weighted by atomic mass is 9.98. The van der Waals surface area contributed by atoms with Crippen molar-refractivity contribution in [3.8, 4) is 0 Å². The number of pyridine rings is 1. The highest BCUT2D eigenvalue weighted by molar-refractivity contribution is 6.06. The molecule has 0 aliphatic carbocycles.